The van der Waals surface area contributed by atoms with Crippen LogP contribution in [0, 0.1) is 5.92 Å². The molecule has 1 aromatic rings. The molecule has 2 aliphatic rings. The molecule has 0 spiro atoms. The number of ether oxygens (including phenoxy) is 1. The third-order valence-electron chi connectivity index (χ3n) is 6.09. The number of phenols is 1. The minimum absolute atomic E-state index is 0.0409. The molecule has 0 aromatic heterocycles. The van der Waals surface area contributed by atoms with Crippen LogP contribution in [-0.2, 0) is 28.0 Å². The van der Waals surface area contributed by atoms with Gasteiger partial charge in [0.25, 0.3) is 0 Å². The summed E-state index contributed by atoms with van der Waals surface area (Å²) in [4.78, 5) is 14.9. The molecule has 2 N–H and O–H groups in total. The van der Waals surface area contributed by atoms with E-state index in [-0.39, 0.29) is 30.1 Å². The third-order valence-corrected chi connectivity index (χ3v) is 6.09. The number of aromatic hydroxyl groups is 1. The number of Topliss-reactive ketones (excluding diaryl/α,β-unsaturated/α-hetero) is 1. The van der Waals surface area contributed by atoms with E-state index in [1.807, 2.05) is 19.1 Å². The maximum Gasteiger partial charge on any atom is 0.197 e. The van der Waals surface area contributed by atoms with E-state index in [4.69, 9.17) is 4.74 Å². The van der Waals surface area contributed by atoms with Crippen molar-refractivity contribution in [2.24, 2.45) is 5.92 Å². The largest absolute Gasteiger partial charge is 0.507 e. The Morgan fingerprint density at radius 1 is 1.40 bits per heavy atom. The average molecular weight is 345 g/mol. The molecule has 0 amide bonds. The standard InChI is InChI=1S/C20H27NO4/c1-5-21(3)15-8-12-6-7-13(11-22)19(24)18(12)20(2)10-16(23)17(25-4)9-14(15)20/h6-7,9,14-15,22,24H,5,8,10-11H2,1-4H3/t14-,15+,20-/m1/s1. The van der Waals surface area contributed by atoms with Gasteiger partial charge in [-0.2, -0.15) is 0 Å². The number of carbonyl (C=O) groups is 1. The lowest BCUT2D eigenvalue weighted by atomic mass is 9.57. The van der Waals surface area contributed by atoms with E-state index in [0.29, 0.717) is 17.7 Å². The Balaban J connectivity index is 2.23. The Hall–Kier alpha value is -1.85. The van der Waals surface area contributed by atoms with Crippen LogP contribution in [0.3, 0.4) is 0 Å². The van der Waals surface area contributed by atoms with Crippen LogP contribution < -0.4 is 0 Å². The van der Waals surface area contributed by atoms with Gasteiger partial charge in [-0.3, -0.25) is 4.79 Å². The van der Waals surface area contributed by atoms with Gasteiger partial charge in [0.2, 0.25) is 0 Å². The van der Waals surface area contributed by atoms with Gasteiger partial charge in [-0.1, -0.05) is 26.0 Å². The van der Waals surface area contributed by atoms with Crippen molar-refractivity contribution in [2.75, 3.05) is 20.7 Å². The first-order valence-electron chi connectivity index (χ1n) is 8.81. The molecular formula is C20H27NO4. The number of allylic oxidation sites excluding steroid dienone is 1. The van der Waals surface area contributed by atoms with Crippen molar-refractivity contribution in [3.8, 4) is 5.75 Å². The molecule has 3 atom stereocenters. The minimum Gasteiger partial charge on any atom is -0.507 e. The normalized spacial score (nSPS) is 28.4. The van der Waals surface area contributed by atoms with E-state index < -0.39 is 5.41 Å². The summed E-state index contributed by atoms with van der Waals surface area (Å²) in [6, 6.07) is 3.99. The molecule has 0 aliphatic heterocycles. The lowest BCUT2D eigenvalue weighted by Gasteiger charge is -2.50. The molecule has 0 saturated heterocycles. The Morgan fingerprint density at radius 3 is 2.72 bits per heavy atom. The van der Waals surface area contributed by atoms with Gasteiger partial charge < -0.3 is 19.8 Å². The highest BCUT2D eigenvalue weighted by atomic mass is 16.5. The number of likely N-dealkylation sites (N-methyl/N-ethyl adjacent to an activating group) is 1. The number of hydrogen-bond donors (Lipinski definition) is 2. The number of ketones is 1. The molecule has 0 radical (unpaired) electrons. The van der Waals surface area contributed by atoms with Gasteiger partial charge in [0.1, 0.15) is 5.75 Å². The highest BCUT2D eigenvalue weighted by Crippen LogP contribution is 2.52. The SMILES string of the molecule is CCN(C)[C@H]1Cc2ccc(CO)c(O)c2[C@]2(C)CC(=O)C(OC)=C[C@H]12. The Morgan fingerprint density at radius 2 is 2.12 bits per heavy atom. The van der Waals surface area contributed by atoms with E-state index >= 15 is 0 Å². The fraction of sp³-hybridized carbons (Fsp3) is 0.550. The van der Waals surface area contributed by atoms with Crippen molar-refractivity contribution < 1.29 is 19.7 Å². The molecule has 2 aliphatic carbocycles. The zero-order chi connectivity index (χ0) is 18.4. The van der Waals surface area contributed by atoms with Crippen LogP contribution in [0.4, 0.5) is 0 Å². The van der Waals surface area contributed by atoms with E-state index in [1.165, 1.54) is 7.11 Å². The van der Waals surface area contributed by atoms with Crippen molar-refractivity contribution in [2.45, 2.75) is 44.8 Å². The predicted molar refractivity (Wildman–Crippen MR) is 95.4 cm³/mol. The fourth-order valence-corrected chi connectivity index (χ4v) is 4.58. The number of aliphatic hydroxyl groups is 1. The van der Waals surface area contributed by atoms with Crippen LogP contribution >= 0.6 is 0 Å². The van der Waals surface area contributed by atoms with Gasteiger partial charge in [0.15, 0.2) is 11.5 Å². The van der Waals surface area contributed by atoms with Crippen LogP contribution in [0.1, 0.15) is 37.0 Å². The summed E-state index contributed by atoms with van der Waals surface area (Å²) in [5, 5.41) is 20.3. The van der Waals surface area contributed by atoms with Crippen molar-refractivity contribution in [1.82, 2.24) is 4.90 Å². The molecule has 136 valence electrons. The zero-order valence-corrected chi connectivity index (χ0v) is 15.4. The summed E-state index contributed by atoms with van der Waals surface area (Å²) in [6.07, 6.45) is 3.03. The predicted octanol–water partition coefficient (Wildman–Crippen LogP) is 2.14. The number of nitrogens with zero attached hydrogens (tertiary/aromatic N) is 1. The molecule has 5 heteroatoms. The van der Waals surface area contributed by atoms with Gasteiger partial charge in [-0.05, 0) is 31.7 Å². The molecule has 0 fully saturated rings. The maximum absolute atomic E-state index is 12.6. The molecule has 3 rings (SSSR count). The molecule has 5 nitrogen and oxygen atoms in total. The first-order chi connectivity index (χ1) is 11.9. The van der Waals surface area contributed by atoms with Crippen molar-refractivity contribution >= 4 is 5.78 Å². The zero-order valence-electron chi connectivity index (χ0n) is 15.4. The smallest absolute Gasteiger partial charge is 0.197 e. The molecule has 0 saturated carbocycles. The van der Waals surface area contributed by atoms with E-state index in [0.717, 1.165) is 24.1 Å². The van der Waals surface area contributed by atoms with Crippen LogP contribution in [0.5, 0.6) is 5.75 Å². The highest BCUT2D eigenvalue weighted by molar-refractivity contribution is 5.96. The highest BCUT2D eigenvalue weighted by Gasteiger charge is 2.51. The third kappa shape index (κ3) is 2.66. The summed E-state index contributed by atoms with van der Waals surface area (Å²) in [6.45, 7) is 4.85. The lowest BCUT2D eigenvalue weighted by molar-refractivity contribution is -0.121. The van der Waals surface area contributed by atoms with Crippen LogP contribution in [0.2, 0.25) is 0 Å². The number of aliphatic hydroxyl groups excluding tert-OH is 1. The summed E-state index contributed by atoms with van der Waals surface area (Å²) >= 11 is 0. The van der Waals surface area contributed by atoms with E-state index in [2.05, 4.69) is 18.9 Å². The first-order valence-corrected chi connectivity index (χ1v) is 8.81. The van der Waals surface area contributed by atoms with E-state index in [1.54, 1.807) is 6.07 Å². The van der Waals surface area contributed by atoms with E-state index in [9.17, 15) is 15.0 Å². The summed E-state index contributed by atoms with van der Waals surface area (Å²) in [5.74, 6) is 0.559. The number of carbonyl (C=O) groups excluding carboxylic acids is 1. The van der Waals surface area contributed by atoms with Crippen LogP contribution in [0.15, 0.2) is 24.0 Å². The van der Waals surface area contributed by atoms with Crippen molar-refractivity contribution in [3.05, 3.63) is 40.7 Å². The van der Waals surface area contributed by atoms with Gasteiger partial charge in [-0.15, -0.1) is 0 Å². The Labute approximate surface area is 148 Å². The second-order valence-electron chi connectivity index (χ2n) is 7.39. The van der Waals surface area contributed by atoms with Gasteiger partial charge >= 0.3 is 0 Å². The molecule has 0 unspecified atom stereocenters. The average Bonchev–Trinajstić information content (AvgIpc) is 2.59. The number of fused-ring (bicyclic) bond motifs is 3. The number of benzene rings is 1. The van der Waals surface area contributed by atoms with Crippen LogP contribution in [-0.4, -0.2) is 47.6 Å². The molecule has 0 heterocycles. The van der Waals surface area contributed by atoms with Crippen molar-refractivity contribution in [1.29, 1.82) is 0 Å². The monoisotopic (exact) mass is 345 g/mol. The van der Waals surface area contributed by atoms with Gasteiger partial charge in [0.05, 0.1) is 13.7 Å². The molecule has 1 aromatic carbocycles. The fourth-order valence-electron chi connectivity index (χ4n) is 4.58. The summed E-state index contributed by atoms with van der Waals surface area (Å²) in [7, 11) is 3.62. The topological polar surface area (TPSA) is 70.0 Å². The first kappa shape index (κ1) is 18.0. The Bertz CT molecular complexity index is 727. The summed E-state index contributed by atoms with van der Waals surface area (Å²) in [5.41, 5.74) is 1.86. The second kappa shape index (κ2) is 6.46. The maximum atomic E-state index is 12.6. The van der Waals surface area contributed by atoms with Gasteiger partial charge in [0, 0.05) is 34.9 Å². The van der Waals surface area contributed by atoms with Crippen LogP contribution in [0.25, 0.3) is 0 Å². The lowest BCUT2D eigenvalue weighted by Crippen LogP contribution is -2.53. The molecule has 0 bridgehead atoms. The minimum atomic E-state index is -0.518. The molecule has 25 heavy (non-hydrogen) atoms. The summed E-state index contributed by atoms with van der Waals surface area (Å²) < 4.78 is 5.31. The molecular weight excluding hydrogens is 318 g/mol. The number of methoxy groups -OCH3 is 1. The van der Waals surface area contributed by atoms with Gasteiger partial charge in [-0.25, -0.2) is 0 Å². The number of hydrogen-bond acceptors (Lipinski definition) is 5. The number of rotatable bonds is 4. The Kier molecular flexibility index (Phi) is 4.64. The second-order valence-corrected chi connectivity index (χ2v) is 7.39. The van der Waals surface area contributed by atoms with Crippen molar-refractivity contribution in [3.63, 3.8) is 0 Å². The quantitative estimate of drug-likeness (QED) is 0.875.